The number of nitrogens with zero attached hydrogens (tertiary/aromatic N) is 1. The van der Waals surface area contributed by atoms with E-state index in [1.807, 2.05) is 33.3 Å². The van der Waals surface area contributed by atoms with E-state index in [0.29, 0.717) is 23.9 Å². The number of allylic oxidation sites excluding steroid dienone is 22. The third-order valence-electron chi connectivity index (χ3n) is 10.9. The highest BCUT2D eigenvalue weighted by atomic mass is 16.7. The third-order valence-corrected chi connectivity index (χ3v) is 10.9. The Morgan fingerprint density at radius 1 is 0.423 bits per heavy atom. The van der Waals surface area contributed by atoms with Crippen LogP contribution in [0.1, 0.15) is 181 Å². The van der Waals surface area contributed by atoms with Crippen LogP contribution in [0.2, 0.25) is 0 Å². The summed E-state index contributed by atoms with van der Waals surface area (Å²) in [5.74, 6) is -2.13. The molecular weight excluding hydrogens is 887 g/mol. The van der Waals surface area contributed by atoms with Gasteiger partial charge in [0.05, 0.1) is 34.4 Å². The van der Waals surface area contributed by atoms with Gasteiger partial charge in [-0.3, -0.25) is 9.59 Å². The average molecular weight is 987 g/mol. The highest BCUT2D eigenvalue weighted by Gasteiger charge is 2.25. The Bertz CT molecular complexity index is 1620. The second-order valence-electron chi connectivity index (χ2n) is 18.8. The molecule has 0 rings (SSSR count). The zero-order valence-electron chi connectivity index (χ0n) is 45.3. The standard InChI is InChI=1S/C62H99NO8/c1-6-8-10-12-14-16-18-20-21-22-23-24-25-26-27-28-29-30-31-32-33-34-35-36-37-38-39-41-43-45-47-49-51-53-60(65)71-58(57-70-62(61(66)67)68-55-54-63(3,4)5)56-69-59(64)52-50-48-46-44-42-40-19-17-15-13-11-9-7-2/h8-11,14-17,20-21,23-24,26-27,29-30,32-33,40,42,46,48,58,62H,6-7,12-13,18-19,22,25,28,31,34-39,41,43-45,47,49-57H2,1-5H3/p+1/b10-8-,11-9-,16-14-,17-15-,21-20-,24-23-,27-26-,30-29-,33-32-,42-40-,48-46-. The summed E-state index contributed by atoms with van der Waals surface area (Å²) in [5, 5.41) is 9.67. The number of rotatable bonds is 48. The number of carbonyl (C=O) groups is 3. The Hall–Kier alpha value is -4.57. The summed E-state index contributed by atoms with van der Waals surface area (Å²) in [5.41, 5.74) is 0. The summed E-state index contributed by atoms with van der Waals surface area (Å²) >= 11 is 0. The average Bonchev–Trinajstić information content (AvgIpc) is 3.34. The fraction of sp³-hybridized carbons (Fsp3) is 0.597. The van der Waals surface area contributed by atoms with Gasteiger partial charge in [0.2, 0.25) is 0 Å². The zero-order chi connectivity index (χ0) is 52.0. The second kappa shape index (κ2) is 51.8. The van der Waals surface area contributed by atoms with Crippen LogP contribution in [0.25, 0.3) is 0 Å². The Morgan fingerprint density at radius 2 is 0.789 bits per heavy atom. The summed E-state index contributed by atoms with van der Waals surface area (Å²) in [7, 11) is 5.93. The van der Waals surface area contributed by atoms with E-state index in [1.165, 1.54) is 44.9 Å². The van der Waals surface area contributed by atoms with Gasteiger partial charge >= 0.3 is 17.9 Å². The van der Waals surface area contributed by atoms with Crippen molar-refractivity contribution in [3.05, 3.63) is 134 Å². The maximum Gasteiger partial charge on any atom is 0.361 e. The van der Waals surface area contributed by atoms with E-state index in [0.717, 1.165) is 96.3 Å². The van der Waals surface area contributed by atoms with E-state index >= 15 is 0 Å². The monoisotopic (exact) mass is 987 g/mol. The molecule has 0 aromatic carbocycles. The molecule has 0 aliphatic carbocycles. The van der Waals surface area contributed by atoms with Crippen molar-refractivity contribution in [2.24, 2.45) is 0 Å². The lowest BCUT2D eigenvalue weighted by molar-refractivity contribution is -0.870. The van der Waals surface area contributed by atoms with Crippen molar-refractivity contribution < 1.29 is 42.9 Å². The lowest BCUT2D eigenvalue weighted by atomic mass is 10.0. The molecular formula is C62H100NO8+. The van der Waals surface area contributed by atoms with Gasteiger partial charge in [0.1, 0.15) is 13.2 Å². The Balaban J connectivity index is 4.25. The number of hydrogen-bond acceptors (Lipinski definition) is 7. The van der Waals surface area contributed by atoms with Crippen LogP contribution in [0.3, 0.4) is 0 Å². The molecule has 0 spiro atoms. The molecule has 0 amide bonds. The molecule has 0 aromatic rings. The van der Waals surface area contributed by atoms with Crippen molar-refractivity contribution in [2.75, 3.05) is 47.5 Å². The Morgan fingerprint density at radius 3 is 1.18 bits per heavy atom. The molecule has 0 bridgehead atoms. The second-order valence-corrected chi connectivity index (χ2v) is 18.8. The summed E-state index contributed by atoms with van der Waals surface area (Å²) in [6.45, 7) is 4.53. The van der Waals surface area contributed by atoms with Crippen molar-refractivity contribution in [3.8, 4) is 0 Å². The van der Waals surface area contributed by atoms with Gasteiger partial charge in [-0.15, -0.1) is 0 Å². The summed E-state index contributed by atoms with van der Waals surface area (Å²) in [6.07, 6.45) is 71.3. The van der Waals surface area contributed by atoms with Crippen LogP contribution in [0.4, 0.5) is 0 Å². The van der Waals surface area contributed by atoms with Crippen LogP contribution in [-0.2, 0) is 33.3 Å². The minimum atomic E-state index is -1.53. The number of quaternary nitrogens is 1. The number of esters is 2. The van der Waals surface area contributed by atoms with Crippen molar-refractivity contribution in [1.82, 2.24) is 0 Å². The number of carboxylic acids is 1. The molecule has 1 N–H and O–H groups in total. The maximum atomic E-state index is 12.8. The quantitative estimate of drug-likeness (QED) is 0.0211. The molecule has 2 unspecified atom stereocenters. The van der Waals surface area contributed by atoms with Crippen molar-refractivity contribution in [3.63, 3.8) is 0 Å². The number of hydrogen-bond donors (Lipinski definition) is 1. The molecule has 0 aliphatic rings. The molecule has 0 aromatic heterocycles. The van der Waals surface area contributed by atoms with Gasteiger partial charge < -0.3 is 28.5 Å². The topological polar surface area (TPSA) is 108 Å². The van der Waals surface area contributed by atoms with E-state index in [4.69, 9.17) is 18.9 Å². The van der Waals surface area contributed by atoms with E-state index in [-0.39, 0.29) is 32.7 Å². The predicted molar refractivity (Wildman–Crippen MR) is 299 cm³/mol. The number of unbranched alkanes of at least 4 members (excludes halogenated alkanes) is 11. The molecule has 400 valence electrons. The number of aliphatic carboxylic acids is 1. The van der Waals surface area contributed by atoms with Crippen molar-refractivity contribution in [1.29, 1.82) is 0 Å². The maximum absolute atomic E-state index is 12.8. The van der Waals surface area contributed by atoms with Crippen molar-refractivity contribution in [2.45, 2.75) is 193 Å². The predicted octanol–water partition coefficient (Wildman–Crippen LogP) is 15.9. The van der Waals surface area contributed by atoms with Gasteiger partial charge in [0, 0.05) is 12.8 Å². The van der Waals surface area contributed by atoms with Crippen LogP contribution in [0, 0.1) is 0 Å². The van der Waals surface area contributed by atoms with E-state index in [2.05, 4.69) is 135 Å². The smallest absolute Gasteiger partial charge is 0.361 e. The lowest BCUT2D eigenvalue weighted by Crippen LogP contribution is -2.40. The highest BCUT2D eigenvalue weighted by molar-refractivity contribution is 5.71. The normalized spacial score (nSPS) is 13.9. The number of carbonyl (C=O) groups excluding carboxylic acids is 2. The van der Waals surface area contributed by atoms with E-state index in [1.54, 1.807) is 0 Å². The van der Waals surface area contributed by atoms with Gasteiger partial charge in [-0.2, -0.15) is 0 Å². The van der Waals surface area contributed by atoms with Crippen molar-refractivity contribution >= 4 is 17.9 Å². The van der Waals surface area contributed by atoms with Crippen LogP contribution in [-0.4, -0.2) is 87.4 Å². The molecule has 0 heterocycles. The first-order valence-corrected chi connectivity index (χ1v) is 27.3. The first-order chi connectivity index (χ1) is 34.6. The van der Waals surface area contributed by atoms with Crippen LogP contribution in [0.5, 0.6) is 0 Å². The largest absolute Gasteiger partial charge is 0.477 e. The minimum absolute atomic E-state index is 0.170. The SMILES string of the molecule is CC/C=C\C/C=C\C/C=C\C/C=C\C/C=C\C/C=C\C/C=C\CCCCCCCCCCCCCC(=O)OC(COC(=O)CC/C=C\C/C=C\C/C=C\C/C=C\CC)COC(OCC[N+](C)(C)C)C(=O)O. The lowest BCUT2D eigenvalue weighted by Gasteiger charge is -2.25. The first-order valence-electron chi connectivity index (χ1n) is 27.3. The molecule has 0 aliphatic heterocycles. The fourth-order valence-electron chi connectivity index (χ4n) is 6.77. The fourth-order valence-corrected chi connectivity index (χ4v) is 6.77. The van der Waals surface area contributed by atoms with Crippen LogP contribution in [0.15, 0.2) is 134 Å². The summed E-state index contributed by atoms with van der Waals surface area (Å²) in [6, 6.07) is 0. The molecule has 0 fully saturated rings. The highest BCUT2D eigenvalue weighted by Crippen LogP contribution is 2.14. The number of likely N-dealkylation sites (N-methyl/N-ethyl adjacent to an activating group) is 1. The Labute approximate surface area is 433 Å². The Kier molecular flexibility index (Phi) is 48.4. The van der Waals surface area contributed by atoms with Crippen LogP contribution < -0.4 is 0 Å². The molecule has 0 saturated heterocycles. The molecule has 9 nitrogen and oxygen atoms in total. The first kappa shape index (κ1) is 66.4. The number of ether oxygens (including phenoxy) is 4. The zero-order valence-corrected chi connectivity index (χ0v) is 45.3. The minimum Gasteiger partial charge on any atom is -0.477 e. The molecule has 0 saturated carbocycles. The van der Waals surface area contributed by atoms with E-state index < -0.39 is 30.3 Å². The van der Waals surface area contributed by atoms with Crippen LogP contribution >= 0.6 is 0 Å². The van der Waals surface area contributed by atoms with Gasteiger partial charge in [0.25, 0.3) is 6.29 Å². The molecule has 71 heavy (non-hydrogen) atoms. The number of carboxylic acid groups (broad SMARTS) is 1. The van der Waals surface area contributed by atoms with Gasteiger partial charge in [-0.1, -0.05) is 205 Å². The molecule has 0 radical (unpaired) electrons. The van der Waals surface area contributed by atoms with Gasteiger partial charge in [-0.05, 0) is 96.3 Å². The van der Waals surface area contributed by atoms with Gasteiger partial charge in [-0.25, -0.2) is 4.79 Å². The van der Waals surface area contributed by atoms with Gasteiger partial charge in [0.15, 0.2) is 6.10 Å². The van der Waals surface area contributed by atoms with E-state index in [9.17, 15) is 19.5 Å². The summed E-state index contributed by atoms with van der Waals surface area (Å²) < 4.78 is 22.7. The molecule has 2 atom stereocenters. The third kappa shape index (κ3) is 53.1. The summed E-state index contributed by atoms with van der Waals surface area (Å²) in [4.78, 5) is 37.2. The molecule has 9 heteroatoms.